The Morgan fingerprint density at radius 3 is 2.55 bits per heavy atom. The first-order chi connectivity index (χ1) is 8.84. The van der Waals surface area contributed by atoms with Gasteiger partial charge >= 0.3 is 0 Å². The maximum absolute atomic E-state index is 5.63. The van der Waals surface area contributed by atoms with Crippen LogP contribution in [0.2, 0.25) is 0 Å². The van der Waals surface area contributed by atoms with Gasteiger partial charge in [0.25, 0.3) is 0 Å². The summed E-state index contributed by atoms with van der Waals surface area (Å²) in [7, 11) is 2.08. The molecule has 0 spiro atoms. The number of hydrogen-bond donors (Lipinski definition) is 2. The average Bonchev–Trinajstić information content (AvgIpc) is 2.87. The Balaban J connectivity index is 0.00000200. The van der Waals surface area contributed by atoms with E-state index in [1.165, 1.54) is 16.2 Å². The third-order valence-corrected chi connectivity index (χ3v) is 3.65. The van der Waals surface area contributed by atoms with Gasteiger partial charge in [-0.15, -0.1) is 23.7 Å². The van der Waals surface area contributed by atoms with Crippen molar-refractivity contribution in [2.45, 2.75) is 39.3 Å². The van der Waals surface area contributed by atoms with Gasteiger partial charge < -0.3 is 5.73 Å². The Kier molecular flexibility index (Phi) is 5.56. The summed E-state index contributed by atoms with van der Waals surface area (Å²) in [5.74, 6) is 0. The van der Waals surface area contributed by atoms with Crippen LogP contribution in [0.4, 0.5) is 5.13 Å². The van der Waals surface area contributed by atoms with Crippen LogP contribution in [0.1, 0.15) is 37.0 Å². The molecule has 2 heterocycles. The summed E-state index contributed by atoms with van der Waals surface area (Å²) in [6, 6.07) is 2.14. The van der Waals surface area contributed by atoms with E-state index in [2.05, 4.69) is 54.0 Å². The van der Waals surface area contributed by atoms with Crippen LogP contribution < -0.4 is 5.73 Å². The molecule has 0 atom stereocenters. The highest BCUT2D eigenvalue weighted by Crippen LogP contribution is 2.21. The summed E-state index contributed by atoms with van der Waals surface area (Å²) in [6.45, 7) is 8.17. The molecule has 0 saturated carbocycles. The number of rotatable bonds is 4. The van der Waals surface area contributed by atoms with Crippen molar-refractivity contribution in [3.63, 3.8) is 0 Å². The Labute approximate surface area is 130 Å². The maximum atomic E-state index is 5.63. The van der Waals surface area contributed by atoms with Gasteiger partial charge in [0.15, 0.2) is 5.13 Å². The van der Waals surface area contributed by atoms with E-state index in [0.717, 1.165) is 24.5 Å². The fourth-order valence-electron chi connectivity index (χ4n) is 1.84. The van der Waals surface area contributed by atoms with Crippen LogP contribution in [0.15, 0.2) is 12.3 Å². The van der Waals surface area contributed by atoms with E-state index in [9.17, 15) is 0 Å². The van der Waals surface area contributed by atoms with Crippen molar-refractivity contribution < 1.29 is 0 Å². The highest BCUT2D eigenvalue weighted by molar-refractivity contribution is 7.15. The molecule has 7 heteroatoms. The molecule has 0 aliphatic carbocycles. The molecule has 112 valence electrons. The van der Waals surface area contributed by atoms with Gasteiger partial charge in [-0.1, -0.05) is 20.8 Å². The van der Waals surface area contributed by atoms with E-state index < -0.39 is 0 Å². The number of aromatic nitrogens is 3. The monoisotopic (exact) mass is 315 g/mol. The number of nitrogens with one attached hydrogen (secondary N) is 1. The third kappa shape index (κ3) is 4.47. The first-order valence-corrected chi connectivity index (χ1v) is 7.10. The first-order valence-electron chi connectivity index (χ1n) is 6.28. The second-order valence-corrected chi connectivity index (χ2v) is 7.01. The van der Waals surface area contributed by atoms with Crippen LogP contribution in [0, 0.1) is 0 Å². The lowest BCUT2D eigenvalue weighted by molar-refractivity contribution is 0.317. The van der Waals surface area contributed by atoms with Crippen molar-refractivity contribution in [1.29, 1.82) is 0 Å². The van der Waals surface area contributed by atoms with Crippen molar-refractivity contribution in [3.8, 4) is 0 Å². The Morgan fingerprint density at radius 1 is 1.35 bits per heavy atom. The number of nitrogens with two attached hydrogens (primary N) is 1. The van der Waals surface area contributed by atoms with Crippen molar-refractivity contribution in [3.05, 3.63) is 28.5 Å². The molecule has 3 N–H and O–H groups in total. The molecule has 0 fully saturated rings. The van der Waals surface area contributed by atoms with Crippen LogP contribution in [0.5, 0.6) is 0 Å². The zero-order valence-corrected chi connectivity index (χ0v) is 13.9. The van der Waals surface area contributed by atoms with Crippen LogP contribution in [0.25, 0.3) is 0 Å². The number of nitrogen functional groups attached to an aromatic ring is 1. The standard InChI is InChI=1S/C13H21N5S.ClH/c1-13(2,3)11-5-9(16-17-11)7-18(4)8-10-6-15-12(14)19-10;/h5-6H,7-8H2,1-4H3,(H2,14,15)(H,16,17);1H. The minimum atomic E-state index is 0. The molecule has 0 aromatic carbocycles. The highest BCUT2D eigenvalue weighted by Gasteiger charge is 2.17. The number of thiazole rings is 1. The van der Waals surface area contributed by atoms with E-state index in [-0.39, 0.29) is 17.8 Å². The Hall–Kier alpha value is -1.11. The fourth-order valence-corrected chi connectivity index (χ4v) is 2.60. The molecular weight excluding hydrogens is 294 g/mol. The summed E-state index contributed by atoms with van der Waals surface area (Å²) >= 11 is 1.54. The van der Waals surface area contributed by atoms with Gasteiger partial charge in [0.05, 0.1) is 5.69 Å². The lowest BCUT2D eigenvalue weighted by atomic mass is 9.92. The van der Waals surface area contributed by atoms with Gasteiger partial charge in [-0.25, -0.2) is 4.98 Å². The zero-order valence-electron chi connectivity index (χ0n) is 12.3. The van der Waals surface area contributed by atoms with Crippen LogP contribution in [-0.4, -0.2) is 27.1 Å². The average molecular weight is 316 g/mol. The Bertz CT molecular complexity index is 543. The van der Waals surface area contributed by atoms with E-state index in [0.29, 0.717) is 5.13 Å². The predicted molar refractivity (Wildman–Crippen MR) is 86.2 cm³/mol. The molecule has 0 amide bonds. The van der Waals surface area contributed by atoms with E-state index in [1.807, 2.05) is 6.20 Å². The van der Waals surface area contributed by atoms with Gasteiger partial charge in [0.1, 0.15) is 0 Å². The summed E-state index contributed by atoms with van der Waals surface area (Å²) in [5, 5.41) is 8.10. The summed E-state index contributed by atoms with van der Waals surface area (Å²) in [5.41, 5.74) is 7.94. The van der Waals surface area contributed by atoms with E-state index >= 15 is 0 Å². The van der Waals surface area contributed by atoms with Crippen molar-refractivity contribution >= 4 is 28.9 Å². The van der Waals surface area contributed by atoms with E-state index in [4.69, 9.17) is 5.73 Å². The molecule has 0 radical (unpaired) electrons. The molecule has 5 nitrogen and oxygen atoms in total. The summed E-state index contributed by atoms with van der Waals surface area (Å²) < 4.78 is 0. The molecule has 0 aliphatic rings. The number of aromatic amines is 1. The number of H-pyrrole nitrogens is 1. The van der Waals surface area contributed by atoms with Crippen molar-refractivity contribution in [1.82, 2.24) is 20.1 Å². The molecule has 0 aliphatic heterocycles. The molecule has 2 aromatic heterocycles. The lowest BCUT2D eigenvalue weighted by Crippen LogP contribution is -2.16. The van der Waals surface area contributed by atoms with Crippen LogP contribution >= 0.6 is 23.7 Å². The smallest absolute Gasteiger partial charge is 0.180 e. The SMILES string of the molecule is CN(Cc1cc(C(C)(C)C)n[nH]1)Cc1cnc(N)s1.Cl. The van der Waals surface area contributed by atoms with Crippen LogP contribution in [0.3, 0.4) is 0 Å². The predicted octanol–water partition coefficient (Wildman–Crippen LogP) is 2.80. The number of anilines is 1. The maximum Gasteiger partial charge on any atom is 0.180 e. The van der Waals surface area contributed by atoms with Gasteiger partial charge in [-0.3, -0.25) is 10.00 Å². The number of nitrogens with zero attached hydrogens (tertiary/aromatic N) is 3. The van der Waals surface area contributed by atoms with Gasteiger partial charge in [0.2, 0.25) is 0 Å². The molecule has 20 heavy (non-hydrogen) atoms. The van der Waals surface area contributed by atoms with E-state index in [1.54, 1.807) is 0 Å². The second-order valence-electron chi connectivity index (χ2n) is 5.87. The molecule has 0 unspecified atom stereocenters. The lowest BCUT2D eigenvalue weighted by Gasteiger charge is -2.15. The molecule has 0 bridgehead atoms. The zero-order chi connectivity index (χ0) is 14.0. The minimum absolute atomic E-state index is 0. The molecule has 0 saturated heterocycles. The minimum Gasteiger partial charge on any atom is -0.375 e. The van der Waals surface area contributed by atoms with Gasteiger partial charge in [-0.05, 0) is 13.1 Å². The topological polar surface area (TPSA) is 70.8 Å². The third-order valence-electron chi connectivity index (χ3n) is 2.84. The largest absolute Gasteiger partial charge is 0.375 e. The van der Waals surface area contributed by atoms with Gasteiger partial charge in [0, 0.05) is 35.3 Å². The molecular formula is C13H22ClN5S. The normalized spacial score (nSPS) is 11.7. The van der Waals surface area contributed by atoms with Crippen LogP contribution in [-0.2, 0) is 18.5 Å². The fraction of sp³-hybridized carbons (Fsp3) is 0.538. The van der Waals surface area contributed by atoms with Crippen molar-refractivity contribution in [2.24, 2.45) is 0 Å². The summed E-state index contributed by atoms with van der Waals surface area (Å²) in [6.07, 6.45) is 1.84. The number of halogens is 1. The number of hydrogen-bond acceptors (Lipinski definition) is 5. The molecule has 2 rings (SSSR count). The summed E-state index contributed by atoms with van der Waals surface area (Å²) in [4.78, 5) is 7.45. The van der Waals surface area contributed by atoms with Gasteiger partial charge in [-0.2, -0.15) is 5.10 Å². The second kappa shape index (κ2) is 6.56. The first kappa shape index (κ1) is 16.9. The quantitative estimate of drug-likeness (QED) is 0.910. The Morgan fingerprint density at radius 2 is 2.05 bits per heavy atom. The van der Waals surface area contributed by atoms with Crippen molar-refractivity contribution in [2.75, 3.05) is 12.8 Å². The highest BCUT2D eigenvalue weighted by atomic mass is 35.5. The molecule has 2 aromatic rings.